The number of hydrogen-bond acceptors (Lipinski definition) is 8. The summed E-state index contributed by atoms with van der Waals surface area (Å²) in [6, 6.07) is 9.62. The lowest BCUT2D eigenvalue weighted by atomic mass is 10.2. The molecule has 182 valence electrons. The molecule has 0 unspecified atom stereocenters. The molecule has 1 aliphatic heterocycles. The summed E-state index contributed by atoms with van der Waals surface area (Å²) in [5.74, 6) is -1.24. The highest BCUT2D eigenvalue weighted by Gasteiger charge is 2.34. The summed E-state index contributed by atoms with van der Waals surface area (Å²) in [5.41, 5.74) is -4.16. The molecule has 0 saturated heterocycles. The van der Waals surface area contributed by atoms with Gasteiger partial charge >= 0.3 is 11.5 Å². The van der Waals surface area contributed by atoms with Gasteiger partial charge in [0.1, 0.15) is 5.70 Å². The number of halogens is 3. The number of nitrogens with zero attached hydrogens (tertiary/aromatic N) is 1. The minimum absolute atomic E-state index is 0.0158. The van der Waals surface area contributed by atoms with Crippen molar-refractivity contribution in [2.24, 2.45) is 0 Å². The first-order valence-corrected chi connectivity index (χ1v) is 12.0. The zero-order valence-electron chi connectivity index (χ0n) is 17.6. The van der Waals surface area contributed by atoms with E-state index in [2.05, 4.69) is 5.32 Å². The molecule has 3 rings (SSSR count). The Morgan fingerprint density at radius 1 is 1.12 bits per heavy atom. The summed E-state index contributed by atoms with van der Waals surface area (Å²) in [6.45, 7) is -0.332. The first kappa shape index (κ1) is 25.6. The molecular formula is C21H19F3N2O6S2. The van der Waals surface area contributed by atoms with E-state index in [1.807, 2.05) is 0 Å². The van der Waals surface area contributed by atoms with E-state index in [0.717, 1.165) is 24.3 Å². The van der Waals surface area contributed by atoms with Crippen molar-refractivity contribution in [2.45, 2.75) is 20.2 Å². The molecule has 0 fully saturated rings. The average molecular weight is 517 g/mol. The number of carbonyl (C=O) groups is 2. The zero-order chi connectivity index (χ0) is 25.1. The first-order chi connectivity index (χ1) is 16.0. The van der Waals surface area contributed by atoms with Gasteiger partial charge in [-0.25, -0.2) is 13.2 Å². The van der Waals surface area contributed by atoms with Gasteiger partial charge in [0.25, 0.3) is 5.91 Å². The van der Waals surface area contributed by atoms with Crippen LogP contribution in [0.3, 0.4) is 0 Å². The fourth-order valence-electron chi connectivity index (χ4n) is 3.17. The van der Waals surface area contributed by atoms with Crippen molar-refractivity contribution in [3.05, 3.63) is 59.8 Å². The number of β-amino-alcohol motifs (C(OH)–C–C–N with tert-alkyl or cyclic N) is 1. The molecule has 0 atom stereocenters. The number of hydrogen-bond donors (Lipinski definition) is 2. The number of ether oxygens (including phenoxy) is 1. The lowest BCUT2D eigenvalue weighted by Crippen LogP contribution is -2.31. The predicted molar refractivity (Wildman–Crippen MR) is 117 cm³/mol. The van der Waals surface area contributed by atoms with Crippen LogP contribution in [0.4, 0.5) is 18.9 Å². The predicted octanol–water partition coefficient (Wildman–Crippen LogP) is 2.80. The average Bonchev–Trinajstić information content (AvgIpc) is 3.08. The van der Waals surface area contributed by atoms with Crippen molar-refractivity contribution in [2.75, 3.05) is 32.1 Å². The second kappa shape index (κ2) is 10.1. The van der Waals surface area contributed by atoms with Crippen LogP contribution in [0.15, 0.2) is 74.5 Å². The lowest BCUT2D eigenvalue weighted by Gasteiger charge is -2.15. The molecule has 13 heteroatoms. The Morgan fingerprint density at radius 3 is 2.18 bits per heavy atom. The number of esters is 1. The fourth-order valence-corrected chi connectivity index (χ4v) is 4.97. The normalized spacial score (nSPS) is 14.5. The zero-order valence-corrected chi connectivity index (χ0v) is 19.3. The molecular weight excluding hydrogens is 497 g/mol. The van der Waals surface area contributed by atoms with Crippen molar-refractivity contribution >= 4 is 39.2 Å². The molecule has 0 aliphatic carbocycles. The Hall–Kier alpha value is -3.03. The van der Waals surface area contributed by atoms with Gasteiger partial charge in [-0.2, -0.15) is 13.2 Å². The van der Waals surface area contributed by atoms with Gasteiger partial charge in [-0.3, -0.25) is 4.79 Å². The molecule has 1 aliphatic rings. The van der Waals surface area contributed by atoms with Crippen molar-refractivity contribution in [1.29, 1.82) is 0 Å². The number of thioether (sulfide) groups is 1. The van der Waals surface area contributed by atoms with Crippen LogP contribution in [0, 0.1) is 0 Å². The third-order valence-electron chi connectivity index (χ3n) is 4.76. The van der Waals surface area contributed by atoms with Crippen molar-refractivity contribution in [1.82, 2.24) is 4.90 Å². The topological polar surface area (TPSA) is 113 Å². The quantitative estimate of drug-likeness (QED) is 0.407. The standard InChI is InChI=1S/C21H19F3N2O6S2/c1-32-20(29)17-12-26(10-11-27)19(28)18(17)25-13-2-6-15(7-3-13)34(30,31)16-8-4-14(5-9-16)33-21(22,23)24/h2-9,25,27H,10-12H2,1H3. The van der Waals surface area contributed by atoms with Gasteiger partial charge in [0.2, 0.25) is 9.84 Å². The maximum atomic E-state index is 12.8. The summed E-state index contributed by atoms with van der Waals surface area (Å²) in [6.07, 6.45) is 0. The smallest absolute Gasteiger partial charge is 0.446 e. The monoisotopic (exact) mass is 516 g/mol. The number of benzene rings is 2. The van der Waals surface area contributed by atoms with E-state index in [1.54, 1.807) is 0 Å². The Labute approximate surface area is 197 Å². The molecule has 0 aromatic heterocycles. The largest absolute Gasteiger partial charge is 0.466 e. The van der Waals surface area contributed by atoms with Crippen LogP contribution in [-0.2, 0) is 24.2 Å². The van der Waals surface area contributed by atoms with Crippen LogP contribution in [0.1, 0.15) is 0 Å². The highest BCUT2D eigenvalue weighted by molar-refractivity contribution is 8.00. The van der Waals surface area contributed by atoms with Crippen LogP contribution in [0.25, 0.3) is 0 Å². The van der Waals surface area contributed by atoms with Crippen LogP contribution >= 0.6 is 11.8 Å². The van der Waals surface area contributed by atoms with Gasteiger partial charge in [-0.05, 0) is 60.3 Å². The Kier molecular flexibility index (Phi) is 7.58. The van der Waals surface area contributed by atoms with Gasteiger partial charge in [0.05, 0.1) is 35.6 Å². The van der Waals surface area contributed by atoms with E-state index in [9.17, 15) is 31.2 Å². The van der Waals surface area contributed by atoms with Gasteiger partial charge in [0.15, 0.2) is 0 Å². The fraction of sp³-hybridized carbons (Fsp3) is 0.238. The molecule has 1 amide bonds. The SMILES string of the molecule is COC(=O)C1=C(Nc2ccc(S(=O)(=O)c3ccc(SC(F)(F)F)cc3)cc2)C(=O)N(CCO)C1. The van der Waals surface area contributed by atoms with E-state index in [0.29, 0.717) is 5.69 Å². The van der Waals surface area contributed by atoms with Gasteiger partial charge in [-0.15, -0.1) is 0 Å². The van der Waals surface area contributed by atoms with E-state index in [4.69, 9.17) is 9.84 Å². The highest BCUT2D eigenvalue weighted by atomic mass is 32.2. The number of sulfone groups is 1. The van der Waals surface area contributed by atoms with E-state index >= 15 is 0 Å². The number of anilines is 1. The molecule has 2 N–H and O–H groups in total. The molecule has 0 radical (unpaired) electrons. The maximum absolute atomic E-state index is 12.8. The number of amides is 1. The summed E-state index contributed by atoms with van der Waals surface area (Å²) in [4.78, 5) is 25.4. The van der Waals surface area contributed by atoms with Gasteiger partial charge in [-0.1, -0.05) is 0 Å². The summed E-state index contributed by atoms with van der Waals surface area (Å²) >= 11 is -0.345. The summed E-state index contributed by atoms with van der Waals surface area (Å²) < 4.78 is 67.8. The number of alkyl halides is 3. The Bertz CT molecular complexity index is 1210. The molecule has 0 saturated carbocycles. The lowest BCUT2D eigenvalue weighted by molar-refractivity contribution is -0.136. The maximum Gasteiger partial charge on any atom is 0.446 e. The van der Waals surface area contributed by atoms with E-state index < -0.39 is 27.2 Å². The summed E-state index contributed by atoms with van der Waals surface area (Å²) in [7, 11) is -2.84. The van der Waals surface area contributed by atoms with Gasteiger partial charge in [0, 0.05) is 17.1 Å². The second-order valence-corrected chi connectivity index (χ2v) is 10.1. The van der Waals surface area contributed by atoms with Crippen molar-refractivity contribution in [3.8, 4) is 0 Å². The minimum atomic E-state index is -4.48. The third kappa shape index (κ3) is 5.72. The second-order valence-electron chi connectivity index (χ2n) is 6.97. The molecule has 1 heterocycles. The molecule has 8 nitrogen and oxygen atoms in total. The van der Waals surface area contributed by atoms with Crippen molar-refractivity contribution in [3.63, 3.8) is 0 Å². The summed E-state index contributed by atoms with van der Waals surface area (Å²) in [5, 5.41) is 11.9. The number of aliphatic hydroxyl groups excluding tert-OH is 1. The highest BCUT2D eigenvalue weighted by Crippen LogP contribution is 2.37. The number of nitrogens with one attached hydrogen (secondary N) is 1. The number of carbonyl (C=O) groups excluding carboxylic acids is 2. The van der Waals surface area contributed by atoms with Crippen molar-refractivity contribution < 1.29 is 41.0 Å². The van der Waals surface area contributed by atoms with Gasteiger partial charge < -0.3 is 20.1 Å². The number of rotatable bonds is 8. The molecule has 0 spiro atoms. The molecule has 34 heavy (non-hydrogen) atoms. The van der Waals surface area contributed by atoms with Crippen LogP contribution in [0.5, 0.6) is 0 Å². The van der Waals surface area contributed by atoms with E-state index in [-0.39, 0.29) is 57.4 Å². The third-order valence-corrected chi connectivity index (χ3v) is 7.28. The molecule has 0 bridgehead atoms. The van der Waals surface area contributed by atoms with E-state index in [1.165, 1.54) is 36.3 Å². The number of aliphatic hydroxyl groups is 1. The Balaban J connectivity index is 1.81. The van der Waals surface area contributed by atoms with Crippen LogP contribution in [-0.4, -0.2) is 62.6 Å². The molecule has 2 aromatic rings. The molecule has 2 aromatic carbocycles. The van der Waals surface area contributed by atoms with Crippen LogP contribution < -0.4 is 5.32 Å². The first-order valence-electron chi connectivity index (χ1n) is 9.66. The number of methoxy groups -OCH3 is 1. The minimum Gasteiger partial charge on any atom is -0.466 e. The van der Waals surface area contributed by atoms with Crippen LogP contribution in [0.2, 0.25) is 0 Å². The Morgan fingerprint density at radius 2 is 1.68 bits per heavy atom.